The van der Waals surface area contributed by atoms with Gasteiger partial charge in [-0.2, -0.15) is 0 Å². The lowest BCUT2D eigenvalue weighted by Gasteiger charge is -2.10. The van der Waals surface area contributed by atoms with Crippen molar-refractivity contribution in [3.8, 4) is 22.6 Å². The number of ketones is 1. The minimum Gasteiger partial charge on any atom is -0.496 e. The summed E-state index contributed by atoms with van der Waals surface area (Å²) in [5, 5.41) is 0. The molecular formula is C22H16O3. The van der Waals surface area contributed by atoms with Gasteiger partial charge in [-0.05, 0) is 23.3 Å². The normalized spacial score (nSPS) is 14.3. The summed E-state index contributed by atoms with van der Waals surface area (Å²) in [4.78, 5) is 12.8. The molecule has 0 N–H and O–H groups in total. The van der Waals surface area contributed by atoms with E-state index in [-0.39, 0.29) is 5.78 Å². The molecule has 3 aromatic carbocycles. The predicted octanol–water partition coefficient (Wildman–Crippen LogP) is 4.98. The molecule has 0 saturated carbocycles. The van der Waals surface area contributed by atoms with Crippen LogP contribution in [-0.4, -0.2) is 12.9 Å². The molecule has 0 aliphatic carbocycles. The molecule has 1 aliphatic heterocycles. The highest BCUT2D eigenvalue weighted by atomic mass is 16.5. The molecule has 122 valence electrons. The number of carbonyl (C=O) groups is 1. The lowest BCUT2D eigenvalue weighted by atomic mass is 9.99. The minimum absolute atomic E-state index is 0.112. The molecule has 0 bridgehead atoms. The summed E-state index contributed by atoms with van der Waals surface area (Å²) in [5.41, 5.74) is 3.35. The molecular weight excluding hydrogens is 312 g/mol. The van der Waals surface area contributed by atoms with Crippen LogP contribution in [-0.2, 0) is 0 Å². The van der Waals surface area contributed by atoms with Crippen LogP contribution in [0.1, 0.15) is 15.9 Å². The zero-order chi connectivity index (χ0) is 17.2. The number of ether oxygens (including phenoxy) is 2. The molecule has 4 rings (SSSR count). The SMILES string of the molecule is COc1cc2c(cc1-c1ccccc1)C(=O)/C(=C/c1ccccc1)O2. The van der Waals surface area contributed by atoms with Gasteiger partial charge in [-0.1, -0.05) is 60.7 Å². The average Bonchev–Trinajstić information content (AvgIpc) is 2.97. The number of benzene rings is 3. The van der Waals surface area contributed by atoms with E-state index in [4.69, 9.17) is 9.47 Å². The van der Waals surface area contributed by atoms with E-state index < -0.39 is 0 Å². The van der Waals surface area contributed by atoms with Crippen LogP contribution in [0.3, 0.4) is 0 Å². The van der Waals surface area contributed by atoms with Gasteiger partial charge < -0.3 is 9.47 Å². The Kier molecular flexibility index (Phi) is 3.82. The van der Waals surface area contributed by atoms with Crippen molar-refractivity contribution in [2.24, 2.45) is 0 Å². The number of fused-ring (bicyclic) bond motifs is 1. The Morgan fingerprint density at radius 3 is 2.24 bits per heavy atom. The van der Waals surface area contributed by atoms with E-state index in [1.54, 1.807) is 19.3 Å². The summed E-state index contributed by atoms with van der Waals surface area (Å²) in [7, 11) is 1.62. The summed E-state index contributed by atoms with van der Waals surface area (Å²) in [6, 6.07) is 23.1. The van der Waals surface area contributed by atoms with Crippen LogP contribution in [0, 0.1) is 0 Å². The van der Waals surface area contributed by atoms with Gasteiger partial charge in [-0.3, -0.25) is 4.79 Å². The van der Waals surface area contributed by atoms with Crippen LogP contribution in [0.4, 0.5) is 0 Å². The molecule has 0 unspecified atom stereocenters. The molecule has 0 radical (unpaired) electrons. The molecule has 0 saturated heterocycles. The molecule has 3 aromatic rings. The number of allylic oxidation sites excluding steroid dienone is 1. The molecule has 0 aromatic heterocycles. The van der Waals surface area contributed by atoms with Crippen LogP contribution < -0.4 is 9.47 Å². The molecule has 25 heavy (non-hydrogen) atoms. The third-order valence-electron chi connectivity index (χ3n) is 4.17. The number of hydrogen-bond acceptors (Lipinski definition) is 3. The molecule has 0 atom stereocenters. The Labute approximate surface area is 146 Å². The van der Waals surface area contributed by atoms with Crippen LogP contribution in [0.2, 0.25) is 0 Å². The van der Waals surface area contributed by atoms with Crippen LogP contribution in [0.5, 0.6) is 11.5 Å². The second kappa shape index (κ2) is 6.29. The van der Waals surface area contributed by atoms with Gasteiger partial charge in [0, 0.05) is 11.6 Å². The number of methoxy groups -OCH3 is 1. The first kappa shape index (κ1) is 15.2. The topological polar surface area (TPSA) is 35.5 Å². The Morgan fingerprint density at radius 1 is 0.880 bits per heavy atom. The minimum atomic E-state index is -0.112. The molecule has 3 heteroatoms. The zero-order valence-electron chi connectivity index (χ0n) is 13.7. The molecule has 1 heterocycles. The number of rotatable bonds is 3. The van der Waals surface area contributed by atoms with E-state index in [1.165, 1.54) is 0 Å². The van der Waals surface area contributed by atoms with Crippen LogP contribution in [0.25, 0.3) is 17.2 Å². The van der Waals surface area contributed by atoms with E-state index in [1.807, 2.05) is 66.7 Å². The van der Waals surface area contributed by atoms with Gasteiger partial charge in [0.05, 0.1) is 12.7 Å². The molecule has 3 nitrogen and oxygen atoms in total. The van der Waals surface area contributed by atoms with Gasteiger partial charge >= 0.3 is 0 Å². The summed E-state index contributed by atoms with van der Waals surface area (Å²) in [6.45, 7) is 0. The molecule has 0 fully saturated rings. The van der Waals surface area contributed by atoms with Crippen molar-refractivity contribution in [3.05, 3.63) is 89.7 Å². The van der Waals surface area contributed by atoms with Gasteiger partial charge in [0.2, 0.25) is 5.78 Å². The lowest BCUT2D eigenvalue weighted by Crippen LogP contribution is -1.98. The first-order chi connectivity index (χ1) is 12.3. The average molecular weight is 328 g/mol. The van der Waals surface area contributed by atoms with Crippen molar-refractivity contribution in [3.63, 3.8) is 0 Å². The summed E-state index contributed by atoms with van der Waals surface area (Å²) < 4.78 is 11.3. The van der Waals surface area contributed by atoms with Crippen molar-refractivity contribution in [1.82, 2.24) is 0 Å². The predicted molar refractivity (Wildman–Crippen MR) is 97.8 cm³/mol. The van der Waals surface area contributed by atoms with E-state index in [9.17, 15) is 4.79 Å². The monoisotopic (exact) mass is 328 g/mol. The summed E-state index contributed by atoms with van der Waals surface area (Å²) in [6.07, 6.45) is 1.76. The Morgan fingerprint density at radius 2 is 1.56 bits per heavy atom. The van der Waals surface area contributed by atoms with Gasteiger partial charge in [0.15, 0.2) is 5.76 Å². The Bertz CT molecular complexity index is 957. The zero-order valence-corrected chi connectivity index (χ0v) is 13.7. The van der Waals surface area contributed by atoms with Gasteiger partial charge in [0.1, 0.15) is 11.5 Å². The maximum Gasteiger partial charge on any atom is 0.231 e. The Hall–Kier alpha value is -3.33. The quantitative estimate of drug-likeness (QED) is 0.636. The van der Waals surface area contributed by atoms with Gasteiger partial charge in [0.25, 0.3) is 0 Å². The van der Waals surface area contributed by atoms with Crippen molar-refractivity contribution >= 4 is 11.9 Å². The lowest BCUT2D eigenvalue weighted by molar-refractivity contribution is 0.101. The van der Waals surface area contributed by atoms with Crippen LogP contribution >= 0.6 is 0 Å². The first-order valence-corrected chi connectivity index (χ1v) is 8.03. The highest BCUT2D eigenvalue weighted by molar-refractivity contribution is 6.15. The van der Waals surface area contributed by atoms with Crippen molar-refractivity contribution in [2.75, 3.05) is 7.11 Å². The number of carbonyl (C=O) groups excluding carboxylic acids is 1. The smallest absolute Gasteiger partial charge is 0.231 e. The van der Waals surface area contributed by atoms with Gasteiger partial charge in [-0.25, -0.2) is 0 Å². The molecule has 0 amide bonds. The van der Waals surface area contributed by atoms with E-state index in [0.717, 1.165) is 16.7 Å². The number of Topliss-reactive ketones (excluding diaryl/α,β-unsaturated/α-hetero) is 1. The molecule has 1 aliphatic rings. The van der Waals surface area contributed by atoms with Gasteiger partial charge in [-0.15, -0.1) is 0 Å². The standard InChI is InChI=1S/C22H16O3/c1-24-19-14-20-18(13-17(19)16-10-6-3-7-11-16)22(23)21(25-20)12-15-8-4-2-5-9-15/h2-14H,1H3/b21-12-. The van der Waals surface area contributed by atoms with Crippen LogP contribution in [0.15, 0.2) is 78.6 Å². The van der Waals surface area contributed by atoms with Crippen molar-refractivity contribution in [2.45, 2.75) is 0 Å². The second-order valence-corrected chi connectivity index (χ2v) is 5.77. The fraction of sp³-hybridized carbons (Fsp3) is 0.0455. The maximum absolute atomic E-state index is 12.8. The third kappa shape index (κ3) is 2.81. The van der Waals surface area contributed by atoms with E-state index >= 15 is 0 Å². The highest BCUT2D eigenvalue weighted by Gasteiger charge is 2.29. The maximum atomic E-state index is 12.8. The Balaban J connectivity index is 1.78. The first-order valence-electron chi connectivity index (χ1n) is 8.03. The molecule has 0 spiro atoms. The summed E-state index contributed by atoms with van der Waals surface area (Å²) >= 11 is 0. The number of hydrogen-bond donors (Lipinski definition) is 0. The fourth-order valence-corrected chi connectivity index (χ4v) is 2.93. The highest BCUT2D eigenvalue weighted by Crippen LogP contribution is 2.41. The fourth-order valence-electron chi connectivity index (χ4n) is 2.93. The third-order valence-corrected chi connectivity index (χ3v) is 4.17. The van der Waals surface area contributed by atoms with Crippen molar-refractivity contribution in [1.29, 1.82) is 0 Å². The second-order valence-electron chi connectivity index (χ2n) is 5.77. The van der Waals surface area contributed by atoms with Crippen molar-refractivity contribution < 1.29 is 14.3 Å². The summed E-state index contributed by atoms with van der Waals surface area (Å²) in [5.74, 6) is 1.43. The van der Waals surface area contributed by atoms with E-state index in [2.05, 4.69) is 0 Å². The largest absolute Gasteiger partial charge is 0.496 e. The van der Waals surface area contributed by atoms with E-state index in [0.29, 0.717) is 22.8 Å².